The molecule has 0 spiro atoms. The first-order valence-corrected chi connectivity index (χ1v) is 12.2. The lowest BCUT2D eigenvalue weighted by Crippen LogP contribution is -2.47. The van der Waals surface area contributed by atoms with Crippen molar-refractivity contribution in [1.82, 2.24) is 5.43 Å². The van der Waals surface area contributed by atoms with E-state index in [0.717, 1.165) is 34.6 Å². The maximum absolute atomic E-state index is 12.7. The van der Waals surface area contributed by atoms with Gasteiger partial charge >= 0.3 is 0 Å². The summed E-state index contributed by atoms with van der Waals surface area (Å²) >= 11 is 0. The van der Waals surface area contributed by atoms with E-state index in [-0.39, 0.29) is 11.3 Å². The van der Waals surface area contributed by atoms with Crippen LogP contribution in [0, 0.1) is 34.5 Å². The molecule has 4 aliphatic rings. The molecule has 6 nitrogen and oxygen atoms in total. The summed E-state index contributed by atoms with van der Waals surface area (Å²) in [6.07, 6.45) is 10.1. The Balaban J connectivity index is 1.18. The van der Waals surface area contributed by atoms with Gasteiger partial charge in [0, 0.05) is 12.0 Å². The third kappa shape index (κ3) is 4.94. The fourth-order valence-electron chi connectivity index (χ4n) is 6.84. The summed E-state index contributed by atoms with van der Waals surface area (Å²) in [5, 5.41) is 13.2. The largest absolute Gasteiger partial charge is 0.496 e. The van der Waals surface area contributed by atoms with Crippen LogP contribution in [0.5, 0.6) is 11.5 Å². The summed E-state index contributed by atoms with van der Waals surface area (Å²) in [6, 6.07) is 14.8. The zero-order valence-electron chi connectivity index (χ0n) is 19.6. The number of nitrogens with zero attached hydrogens (tertiary/aromatic N) is 2. The van der Waals surface area contributed by atoms with Crippen LogP contribution in [-0.4, -0.2) is 19.2 Å². The van der Waals surface area contributed by atoms with Gasteiger partial charge in [0.1, 0.15) is 18.1 Å². The number of carbonyl (C=O) groups is 1. The van der Waals surface area contributed by atoms with E-state index in [0.29, 0.717) is 24.3 Å². The Labute approximate surface area is 201 Å². The third-order valence-corrected chi connectivity index (χ3v) is 7.79. The van der Waals surface area contributed by atoms with E-state index >= 15 is 0 Å². The molecule has 0 saturated heterocycles. The molecule has 34 heavy (non-hydrogen) atoms. The van der Waals surface area contributed by atoms with E-state index in [1.807, 2.05) is 18.2 Å². The molecule has 1 amide bonds. The van der Waals surface area contributed by atoms with Gasteiger partial charge in [-0.25, -0.2) is 5.43 Å². The smallest absolute Gasteiger partial charge is 0.240 e. The molecule has 2 aromatic rings. The van der Waals surface area contributed by atoms with Crippen molar-refractivity contribution in [3.05, 3.63) is 59.2 Å². The summed E-state index contributed by atoms with van der Waals surface area (Å²) in [6.45, 7) is 0.315. The Morgan fingerprint density at radius 1 is 1.12 bits per heavy atom. The molecular weight excluding hydrogens is 426 g/mol. The van der Waals surface area contributed by atoms with Crippen molar-refractivity contribution >= 4 is 12.1 Å². The van der Waals surface area contributed by atoms with Crippen molar-refractivity contribution < 1.29 is 14.3 Å². The van der Waals surface area contributed by atoms with Crippen LogP contribution in [0.15, 0.2) is 47.6 Å². The Morgan fingerprint density at radius 3 is 2.41 bits per heavy atom. The maximum atomic E-state index is 12.7. The van der Waals surface area contributed by atoms with Crippen LogP contribution >= 0.6 is 0 Å². The van der Waals surface area contributed by atoms with Gasteiger partial charge < -0.3 is 9.47 Å². The molecule has 6 heteroatoms. The van der Waals surface area contributed by atoms with E-state index in [1.54, 1.807) is 37.6 Å². The monoisotopic (exact) mass is 457 g/mol. The molecule has 0 heterocycles. The van der Waals surface area contributed by atoms with Crippen LogP contribution in [0.4, 0.5) is 0 Å². The van der Waals surface area contributed by atoms with Gasteiger partial charge in [0.2, 0.25) is 5.91 Å². The number of rotatable bonds is 8. The number of nitriles is 1. The maximum Gasteiger partial charge on any atom is 0.240 e. The fourth-order valence-corrected chi connectivity index (χ4v) is 6.84. The zero-order chi connectivity index (χ0) is 23.5. The average Bonchev–Trinajstić information content (AvgIpc) is 2.82. The highest BCUT2D eigenvalue weighted by molar-refractivity contribution is 5.83. The summed E-state index contributed by atoms with van der Waals surface area (Å²) in [5.74, 6) is 3.94. The molecule has 4 saturated carbocycles. The molecule has 2 aromatic carbocycles. The molecule has 4 fully saturated rings. The minimum absolute atomic E-state index is 0.0242. The van der Waals surface area contributed by atoms with Crippen LogP contribution in [-0.2, 0) is 11.4 Å². The molecule has 0 aliphatic heterocycles. The number of carbonyl (C=O) groups excluding carboxylic acids is 1. The first-order valence-electron chi connectivity index (χ1n) is 12.2. The molecule has 0 unspecified atom stereocenters. The second-order valence-electron chi connectivity index (χ2n) is 10.4. The minimum atomic E-state index is 0.0242. The lowest BCUT2D eigenvalue weighted by atomic mass is 9.49. The molecular formula is C28H31N3O3. The number of nitrogens with one attached hydrogen (secondary N) is 1. The third-order valence-electron chi connectivity index (χ3n) is 7.79. The van der Waals surface area contributed by atoms with Gasteiger partial charge in [-0.15, -0.1) is 0 Å². The second kappa shape index (κ2) is 9.50. The van der Waals surface area contributed by atoms with Crippen LogP contribution in [0.1, 0.15) is 61.6 Å². The molecule has 4 bridgehead atoms. The SMILES string of the molecule is COc1ccc(/C=N/NC(=O)CC23CC4CC(CC(C4)C2)C3)cc1COc1ccc(C#N)cc1. The summed E-state index contributed by atoms with van der Waals surface area (Å²) in [5.41, 5.74) is 5.30. The average molecular weight is 458 g/mol. The summed E-state index contributed by atoms with van der Waals surface area (Å²) in [4.78, 5) is 12.7. The molecule has 0 aromatic heterocycles. The van der Waals surface area contributed by atoms with Crippen molar-refractivity contribution in [2.75, 3.05) is 7.11 Å². The van der Waals surface area contributed by atoms with Gasteiger partial charge in [0.25, 0.3) is 0 Å². The standard InChI is InChI=1S/C28H31N3O3/c1-33-26-7-4-20(11-24(26)18-34-25-5-2-19(16-29)3-6-25)17-30-31-27(32)15-28-12-21-8-22(13-28)10-23(9-21)14-28/h2-7,11,17,21-23H,8-10,12-15,18H2,1H3,(H,31,32)/b30-17+. The normalized spacial score (nSPS) is 26.9. The highest BCUT2D eigenvalue weighted by Crippen LogP contribution is 2.61. The van der Waals surface area contributed by atoms with Gasteiger partial charge in [-0.3, -0.25) is 4.79 Å². The van der Waals surface area contributed by atoms with Gasteiger partial charge in [-0.2, -0.15) is 10.4 Å². The van der Waals surface area contributed by atoms with Crippen molar-refractivity contribution in [2.45, 2.75) is 51.6 Å². The number of methoxy groups -OCH3 is 1. The van der Waals surface area contributed by atoms with Crippen LogP contribution in [0.2, 0.25) is 0 Å². The number of hydrogen-bond donors (Lipinski definition) is 1. The van der Waals surface area contributed by atoms with Gasteiger partial charge in [0.05, 0.1) is 25.0 Å². The predicted octanol–water partition coefficient (Wildman–Crippen LogP) is 5.20. The van der Waals surface area contributed by atoms with Gasteiger partial charge in [-0.1, -0.05) is 0 Å². The molecule has 0 radical (unpaired) electrons. The van der Waals surface area contributed by atoms with E-state index < -0.39 is 0 Å². The number of amides is 1. The van der Waals surface area contributed by atoms with E-state index in [2.05, 4.69) is 16.6 Å². The van der Waals surface area contributed by atoms with Crippen molar-refractivity contribution in [3.63, 3.8) is 0 Å². The van der Waals surface area contributed by atoms with E-state index in [9.17, 15) is 4.79 Å². The lowest BCUT2D eigenvalue weighted by Gasteiger charge is -2.56. The Morgan fingerprint density at radius 2 is 1.79 bits per heavy atom. The Kier molecular flexibility index (Phi) is 6.28. The molecule has 6 rings (SSSR count). The van der Waals surface area contributed by atoms with Crippen LogP contribution < -0.4 is 14.9 Å². The molecule has 1 N–H and O–H groups in total. The number of hydrazone groups is 1. The van der Waals surface area contributed by atoms with Gasteiger partial charge in [-0.05, 0) is 110 Å². The number of benzene rings is 2. The van der Waals surface area contributed by atoms with E-state index in [4.69, 9.17) is 14.7 Å². The van der Waals surface area contributed by atoms with Crippen LogP contribution in [0.25, 0.3) is 0 Å². The minimum Gasteiger partial charge on any atom is -0.496 e. The van der Waals surface area contributed by atoms with Crippen molar-refractivity contribution in [2.24, 2.45) is 28.3 Å². The first-order chi connectivity index (χ1) is 16.5. The summed E-state index contributed by atoms with van der Waals surface area (Å²) < 4.78 is 11.3. The lowest BCUT2D eigenvalue weighted by molar-refractivity contribution is -0.129. The Bertz CT molecular complexity index is 1080. The van der Waals surface area contributed by atoms with Crippen molar-refractivity contribution in [3.8, 4) is 17.6 Å². The topological polar surface area (TPSA) is 83.7 Å². The Hall–Kier alpha value is -3.33. The first kappa shape index (κ1) is 22.5. The zero-order valence-corrected chi connectivity index (χ0v) is 19.6. The number of ether oxygens (including phenoxy) is 2. The second-order valence-corrected chi connectivity index (χ2v) is 10.4. The predicted molar refractivity (Wildman–Crippen MR) is 129 cm³/mol. The molecule has 0 atom stereocenters. The van der Waals surface area contributed by atoms with Crippen LogP contribution in [0.3, 0.4) is 0 Å². The van der Waals surface area contributed by atoms with E-state index in [1.165, 1.54) is 38.5 Å². The fraction of sp³-hybridized carbons (Fsp3) is 0.464. The van der Waals surface area contributed by atoms with Crippen molar-refractivity contribution in [1.29, 1.82) is 5.26 Å². The molecule has 176 valence electrons. The number of hydrogen-bond acceptors (Lipinski definition) is 5. The highest BCUT2D eigenvalue weighted by Gasteiger charge is 2.51. The summed E-state index contributed by atoms with van der Waals surface area (Å²) in [7, 11) is 1.62. The quantitative estimate of drug-likeness (QED) is 0.436. The highest BCUT2D eigenvalue weighted by atomic mass is 16.5. The van der Waals surface area contributed by atoms with Gasteiger partial charge in [0.15, 0.2) is 0 Å². The molecule has 4 aliphatic carbocycles.